The number of anilines is 1. The van der Waals surface area contributed by atoms with Crippen molar-refractivity contribution >= 4 is 39.1 Å². The monoisotopic (exact) mass is 347 g/mol. The van der Waals surface area contributed by atoms with Gasteiger partial charge < -0.3 is 14.8 Å². The Hall–Kier alpha value is -2.06. The minimum Gasteiger partial charge on any atom is -0.466 e. The molecule has 1 aromatic carbocycles. The number of sulfone groups is 1. The first-order chi connectivity index (χ1) is 10.2. The smallest absolute Gasteiger partial charge is 0.354 e. The Kier molecular flexibility index (Phi) is 5.95. The van der Waals surface area contributed by atoms with Gasteiger partial charge in [-0.2, -0.15) is 0 Å². The van der Waals surface area contributed by atoms with Crippen LogP contribution in [0.3, 0.4) is 0 Å². The van der Waals surface area contributed by atoms with Gasteiger partial charge in [-0.05, 0) is 18.2 Å². The van der Waals surface area contributed by atoms with Crippen LogP contribution in [0.1, 0.15) is 0 Å². The topological polar surface area (TPSA) is 98.8 Å². The average molecular weight is 348 g/mol. The number of methoxy groups -OCH3 is 2. The summed E-state index contributed by atoms with van der Waals surface area (Å²) in [6.45, 7) is 0. The molecular weight excluding hydrogens is 334 g/mol. The number of carbonyl (C=O) groups excluding carboxylic acids is 2. The third kappa shape index (κ3) is 4.74. The summed E-state index contributed by atoms with van der Waals surface area (Å²) >= 11 is 5.98. The highest BCUT2D eigenvalue weighted by Crippen LogP contribution is 2.26. The number of carbonyl (C=O) groups is 2. The molecule has 0 spiro atoms. The molecule has 0 heterocycles. The molecule has 0 radical (unpaired) electrons. The van der Waals surface area contributed by atoms with Crippen molar-refractivity contribution in [2.45, 2.75) is 4.90 Å². The predicted octanol–water partition coefficient (Wildman–Crippen LogP) is 1.39. The van der Waals surface area contributed by atoms with Gasteiger partial charge in [0.1, 0.15) is 5.70 Å². The number of rotatable bonds is 5. The van der Waals surface area contributed by atoms with Crippen molar-refractivity contribution in [2.24, 2.45) is 0 Å². The van der Waals surface area contributed by atoms with Gasteiger partial charge in [-0.1, -0.05) is 11.6 Å². The fourth-order valence-electron chi connectivity index (χ4n) is 1.41. The lowest BCUT2D eigenvalue weighted by molar-refractivity contribution is -0.138. The first-order valence-electron chi connectivity index (χ1n) is 5.83. The van der Waals surface area contributed by atoms with Crippen LogP contribution in [0.2, 0.25) is 5.02 Å². The molecule has 0 amide bonds. The molecule has 0 aliphatic heterocycles. The Balaban J connectivity index is 3.17. The summed E-state index contributed by atoms with van der Waals surface area (Å²) in [6.07, 6.45) is 1.94. The van der Waals surface area contributed by atoms with Gasteiger partial charge in [-0.15, -0.1) is 0 Å². The Morgan fingerprint density at radius 1 is 1.23 bits per heavy atom. The molecule has 7 nitrogen and oxygen atoms in total. The first kappa shape index (κ1) is 18.0. The fourth-order valence-corrected chi connectivity index (χ4v) is 2.35. The standard InChI is InChI=1S/C13H14ClNO6S/c1-20-12(16)7-11(13(17)21-2)15-10-5-4-8(6-9(10)14)22(3,18)19/h4-7,15H,1-3H3/b11-7+. The lowest BCUT2D eigenvalue weighted by Gasteiger charge is -2.11. The number of ether oxygens (including phenoxy) is 2. The van der Waals surface area contributed by atoms with Crippen LogP contribution in [-0.2, 0) is 28.9 Å². The van der Waals surface area contributed by atoms with Gasteiger partial charge in [-0.25, -0.2) is 18.0 Å². The molecule has 120 valence electrons. The van der Waals surface area contributed by atoms with Crippen LogP contribution in [0.5, 0.6) is 0 Å². The highest BCUT2D eigenvalue weighted by molar-refractivity contribution is 7.90. The maximum Gasteiger partial charge on any atom is 0.354 e. The van der Waals surface area contributed by atoms with Crippen molar-refractivity contribution in [1.82, 2.24) is 0 Å². The van der Waals surface area contributed by atoms with Gasteiger partial charge in [0.15, 0.2) is 9.84 Å². The molecule has 1 N–H and O–H groups in total. The maximum absolute atomic E-state index is 11.6. The molecule has 0 fully saturated rings. The van der Waals surface area contributed by atoms with Crippen LogP contribution in [-0.4, -0.2) is 40.8 Å². The lowest BCUT2D eigenvalue weighted by Crippen LogP contribution is -2.15. The van der Waals surface area contributed by atoms with E-state index in [1.54, 1.807) is 0 Å². The molecule has 0 bridgehead atoms. The van der Waals surface area contributed by atoms with Gasteiger partial charge in [0, 0.05) is 6.26 Å². The Bertz CT molecular complexity index is 726. The number of hydrogen-bond acceptors (Lipinski definition) is 7. The highest BCUT2D eigenvalue weighted by Gasteiger charge is 2.16. The molecule has 0 aliphatic rings. The Morgan fingerprint density at radius 3 is 2.32 bits per heavy atom. The van der Waals surface area contributed by atoms with Gasteiger partial charge in [0.2, 0.25) is 0 Å². The van der Waals surface area contributed by atoms with Gasteiger partial charge >= 0.3 is 11.9 Å². The lowest BCUT2D eigenvalue weighted by atomic mass is 10.3. The van der Waals surface area contributed by atoms with E-state index in [0.717, 1.165) is 26.6 Å². The summed E-state index contributed by atoms with van der Waals surface area (Å²) in [5, 5.41) is 2.66. The van der Waals surface area contributed by atoms with E-state index in [1.807, 2.05) is 0 Å². The number of benzene rings is 1. The summed E-state index contributed by atoms with van der Waals surface area (Å²) in [5.41, 5.74) is 0.0259. The van der Waals surface area contributed by atoms with Crippen molar-refractivity contribution in [3.05, 3.63) is 35.0 Å². The predicted molar refractivity (Wildman–Crippen MR) is 80.3 cm³/mol. The largest absolute Gasteiger partial charge is 0.466 e. The van der Waals surface area contributed by atoms with Crippen LogP contribution < -0.4 is 5.32 Å². The molecule has 22 heavy (non-hydrogen) atoms. The minimum atomic E-state index is -3.41. The second-order valence-electron chi connectivity index (χ2n) is 4.11. The molecule has 9 heteroatoms. The molecule has 0 saturated heterocycles. The Morgan fingerprint density at radius 2 is 1.86 bits per heavy atom. The van der Waals surface area contributed by atoms with E-state index in [-0.39, 0.29) is 21.3 Å². The SMILES string of the molecule is COC(=O)/C=C(/Nc1ccc(S(C)(=O)=O)cc1Cl)C(=O)OC. The van der Waals surface area contributed by atoms with E-state index in [9.17, 15) is 18.0 Å². The number of hydrogen-bond donors (Lipinski definition) is 1. The van der Waals surface area contributed by atoms with Crippen LogP contribution in [0.15, 0.2) is 34.9 Å². The second kappa shape index (κ2) is 7.28. The van der Waals surface area contributed by atoms with Crippen LogP contribution in [0.4, 0.5) is 5.69 Å². The van der Waals surface area contributed by atoms with E-state index in [1.165, 1.54) is 18.2 Å². The van der Waals surface area contributed by atoms with Crippen LogP contribution >= 0.6 is 11.6 Å². The summed E-state index contributed by atoms with van der Waals surface area (Å²) in [7, 11) is -1.11. The fraction of sp³-hybridized carbons (Fsp3) is 0.231. The molecule has 0 aliphatic carbocycles. The van der Waals surface area contributed by atoms with Crippen molar-refractivity contribution in [3.63, 3.8) is 0 Å². The van der Waals surface area contributed by atoms with Crippen LogP contribution in [0, 0.1) is 0 Å². The van der Waals surface area contributed by atoms with E-state index in [4.69, 9.17) is 11.6 Å². The van der Waals surface area contributed by atoms with Gasteiger partial charge in [0.25, 0.3) is 0 Å². The quantitative estimate of drug-likeness (QED) is 0.634. The van der Waals surface area contributed by atoms with E-state index < -0.39 is 21.8 Å². The van der Waals surface area contributed by atoms with Crippen LogP contribution in [0.25, 0.3) is 0 Å². The minimum absolute atomic E-state index is 0.0274. The zero-order chi connectivity index (χ0) is 16.9. The zero-order valence-corrected chi connectivity index (χ0v) is 13.6. The zero-order valence-electron chi connectivity index (χ0n) is 12.0. The van der Waals surface area contributed by atoms with Gasteiger partial charge in [-0.3, -0.25) is 0 Å². The number of nitrogens with one attached hydrogen (secondary N) is 1. The molecule has 0 saturated carbocycles. The van der Waals surface area contributed by atoms with Crippen molar-refractivity contribution in [1.29, 1.82) is 0 Å². The molecular formula is C13H14ClNO6S. The van der Waals surface area contributed by atoms with Crippen molar-refractivity contribution in [2.75, 3.05) is 25.8 Å². The number of halogens is 1. The van der Waals surface area contributed by atoms with E-state index in [0.29, 0.717) is 0 Å². The van der Waals surface area contributed by atoms with E-state index in [2.05, 4.69) is 14.8 Å². The summed E-state index contributed by atoms with van der Waals surface area (Å²) < 4.78 is 31.8. The maximum atomic E-state index is 11.6. The van der Waals surface area contributed by atoms with Crippen molar-refractivity contribution in [3.8, 4) is 0 Å². The first-order valence-corrected chi connectivity index (χ1v) is 8.10. The highest BCUT2D eigenvalue weighted by atomic mass is 35.5. The molecule has 0 aromatic heterocycles. The molecule has 0 unspecified atom stereocenters. The normalized spacial score (nSPS) is 11.7. The molecule has 1 rings (SSSR count). The average Bonchev–Trinajstić information content (AvgIpc) is 2.46. The van der Waals surface area contributed by atoms with Crippen molar-refractivity contribution < 1.29 is 27.5 Å². The molecule has 0 atom stereocenters. The van der Waals surface area contributed by atoms with E-state index >= 15 is 0 Å². The number of esters is 2. The molecule has 1 aromatic rings. The summed E-state index contributed by atoms with van der Waals surface area (Å²) in [5.74, 6) is -1.58. The third-order valence-corrected chi connectivity index (χ3v) is 3.93. The summed E-state index contributed by atoms with van der Waals surface area (Å²) in [6, 6.07) is 3.91. The summed E-state index contributed by atoms with van der Waals surface area (Å²) in [4.78, 5) is 22.9. The Labute approximate surface area is 132 Å². The van der Waals surface area contributed by atoms with Gasteiger partial charge in [0.05, 0.1) is 35.9 Å². The third-order valence-electron chi connectivity index (χ3n) is 2.51. The second-order valence-corrected chi connectivity index (χ2v) is 6.53.